The highest BCUT2D eigenvalue weighted by atomic mass is 79.9. The fourth-order valence-corrected chi connectivity index (χ4v) is 5.56. The average Bonchev–Trinajstić information content (AvgIpc) is 3.36. The summed E-state index contributed by atoms with van der Waals surface area (Å²) in [6, 6.07) is 0. The summed E-state index contributed by atoms with van der Waals surface area (Å²) in [7, 11) is 0. The summed E-state index contributed by atoms with van der Waals surface area (Å²) in [5.74, 6) is 0. The molecule has 3 heterocycles. The molecule has 2 fully saturated rings. The number of rotatable bonds is 4. The molecule has 22 heavy (non-hydrogen) atoms. The Balaban J connectivity index is 1.83. The first kappa shape index (κ1) is 16.3. The summed E-state index contributed by atoms with van der Waals surface area (Å²) in [6.45, 7) is 3.01. The van der Waals surface area contributed by atoms with E-state index in [9.17, 15) is 5.21 Å². The SMILES string of the molecule is [O-][N+]1(CC2CO2)CN(CC2CO2)c2c(Br)c(Br)c(Br)c(Br)c21. The molecule has 0 amide bonds. The van der Waals surface area contributed by atoms with E-state index in [1.165, 1.54) is 0 Å². The van der Waals surface area contributed by atoms with Crippen molar-refractivity contribution >= 4 is 75.1 Å². The molecule has 0 saturated carbocycles. The van der Waals surface area contributed by atoms with Gasteiger partial charge in [0.05, 0.1) is 39.3 Å². The molecular weight excluding hydrogens is 552 g/mol. The van der Waals surface area contributed by atoms with E-state index < -0.39 is 4.65 Å². The van der Waals surface area contributed by atoms with Gasteiger partial charge < -0.3 is 24.2 Å². The van der Waals surface area contributed by atoms with Gasteiger partial charge in [0.15, 0.2) is 12.4 Å². The molecule has 9 heteroatoms. The molecule has 2 saturated heterocycles. The summed E-state index contributed by atoms with van der Waals surface area (Å²) in [5.41, 5.74) is 1.69. The van der Waals surface area contributed by atoms with Gasteiger partial charge in [-0.25, -0.2) is 0 Å². The molecule has 0 aliphatic carbocycles. The van der Waals surface area contributed by atoms with E-state index in [2.05, 4.69) is 68.6 Å². The van der Waals surface area contributed by atoms with Crippen LogP contribution in [0.15, 0.2) is 17.9 Å². The van der Waals surface area contributed by atoms with Gasteiger partial charge in [0, 0.05) is 4.47 Å². The summed E-state index contributed by atoms with van der Waals surface area (Å²) >= 11 is 14.4. The highest BCUT2D eigenvalue weighted by molar-refractivity contribution is 9.15. The van der Waals surface area contributed by atoms with Crippen LogP contribution in [0, 0.1) is 5.21 Å². The number of ether oxygens (including phenoxy) is 2. The fraction of sp³-hybridized carbons (Fsp3) is 0.538. The van der Waals surface area contributed by atoms with E-state index >= 15 is 0 Å². The Morgan fingerprint density at radius 2 is 1.59 bits per heavy atom. The first-order valence-corrected chi connectivity index (χ1v) is 10.0. The number of hydrogen-bond donors (Lipinski definition) is 0. The zero-order chi connectivity index (χ0) is 15.6. The first-order valence-electron chi connectivity index (χ1n) is 6.83. The molecule has 0 bridgehead atoms. The number of epoxide rings is 2. The van der Waals surface area contributed by atoms with Gasteiger partial charge in [-0.3, -0.25) is 0 Å². The van der Waals surface area contributed by atoms with Crippen LogP contribution in [0.25, 0.3) is 0 Å². The summed E-state index contributed by atoms with van der Waals surface area (Å²) < 4.78 is 13.7. The van der Waals surface area contributed by atoms with Gasteiger partial charge >= 0.3 is 0 Å². The Labute approximate surface area is 161 Å². The van der Waals surface area contributed by atoms with Crippen molar-refractivity contribution in [1.82, 2.24) is 4.65 Å². The molecule has 120 valence electrons. The lowest BCUT2D eigenvalue weighted by Gasteiger charge is -2.38. The van der Waals surface area contributed by atoms with Crippen LogP contribution in [0.2, 0.25) is 0 Å². The van der Waals surface area contributed by atoms with Crippen LogP contribution >= 0.6 is 63.7 Å². The quantitative estimate of drug-likeness (QED) is 0.182. The summed E-state index contributed by atoms with van der Waals surface area (Å²) in [4.78, 5) is 2.12. The van der Waals surface area contributed by atoms with Gasteiger partial charge in [-0.15, -0.1) is 0 Å². The van der Waals surface area contributed by atoms with E-state index in [0.29, 0.717) is 19.8 Å². The number of anilines is 1. The third-order valence-electron chi connectivity index (χ3n) is 4.07. The smallest absolute Gasteiger partial charge is 0.174 e. The lowest BCUT2D eigenvalue weighted by Crippen LogP contribution is -2.49. The molecule has 0 spiro atoms. The van der Waals surface area contributed by atoms with E-state index in [4.69, 9.17) is 9.47 Å². The highest BCUT2D eigenvalue weighted by Gasteiger charge is 2.46. The summed E-state index contributed by atoms with van der Waals surface area (Å²) in [6.07, 6.45) is 0.292. The van der Waals surface area contributed by atoms with Gasteiger partial charge in [0.2, 0.25) is 0 Å². The lowest BCUT2D eigenvalue weighted by atomic mass is 10.2. The van der Waals surface area contributed by atoms with Crippen molar-refractivity contribution in [1.29, 1.82) is 0 Å². The second kappa shape index (κ2) is 5.66. The van der Waals surface area contributed by atoms with Crippen molar-refractivity contribution in [2.75, 3.05) is 37.9 Å². The minimum Gasteiger partial charge on any atom is -0.626 e. The van der Waals surface area contributed by atoms with E-state index in [1.807, 2.05) is 0 Å². The van der Waals surface area contributed by atoms with Crippen LogP contribution in [0.1, 0.15) is 0 Å². The van der Waals surface area contributed by atoms with E-state index in [1.54, 1.807) is 0 Å². The topological polar surface area (TPSA) is 51.4 Å². The standard InChI is InChI=1S/C13H12Br4N2O3/c14-8-9(15)11(17)13-12(10(8)16)18(1-6-3-21-6)5-19(13,20)2-7-4-22-7/h6-7H,1-5H2. The molecule has 1 aromatic rings. The molecule has 0 N–H and O–H groups in total. The number of quaternary nitrogens is 1. The molecule has 3 aliphatic rings. The fourth-order valence-electron chi connectivity index (χ4n) is 2.91. The van der Waals surface area contributed by atoms with E-state index in [-0.39, 0.29) is 12.2 Å². The molecule has 4 rings (SSSR count). The van der Waals surface area contributed by atoms with Crippen molar-refractivity contribution in [3.63, 3.8) is 0 Å². The molecular formula is C13H12Br4N2O3. The Morgan fingerprint density at radius 1 is 1.00 bits per heavy atom. The number of hydrogen-bond acceptors (Lipinski definition) is 4. The number of hydroxylamine groups is 2. The lowest BCUT2D eigenvalue weighted by molar-refractivity contribution is 0.315. The Hall–Kier alpha value is 0.780. The van der Waals surface area contributed by atoms with Crippen LogP contribution in [0.4, 0.5) is 11.4 Å². The third kappa shape index (κ3) is 2.71. The highest BCUT2D eigenvalue weighted by Crippen LogP contribution is 2.56. The van der Waals surface area contributed by atoms with Crippen molar-refractivity contribution in [2.45, 2.75) is 12.2 Å². The van der Waals surface area contributed by atoms with Crippen LogP contribution in [-0.4, -0.2) is 45.2 Å². The predicted molar refractivity (Wildman–Crippen MR) is 99.0 cm³/mol. The van der Waals surface area contributed by atoms with Crippen LogP contribution in [0.5, 0.6) is 0 Å². The van der Waals surface area contributed by atoms with Crippen LogP contribution in [0.3, 0.4) is 0 Å². The second-order valence-electron chi connectivity index (χ2n) is 5.80. The average molecular weight is 564 g/mol. The molecule has 3 aliphatic heterocycles. The predicted octanol–water partition coefficient (Wildman–Crippen LogP) is 4.12. The Morgan fingerprint density at radius 3 is 2.18 bits per heavy atom. The van der Waals surface area contributed by atoms with Crippen molar-refractivity contribution < 1.29 is 9.47 Å². The largest absolute Gasteiger partial charge is 0.626 e. The molecule has 0 aromatic heterocycles. The maximum absolute atomic E-state index is 13.5. The third-order valence-corrected chi connectivity index (χ3v) is 8.79. The van der Waals surface area contributed by atoms with Gasteiger partial charge in [-0.2, -0.15) is 0 Å². The number of fused-ring (bicyclic) bond motifs is 1. The Kier molecular flexibility index (Phi) is 4.18. The number of halogens is 4. The molecule has 3 atom stereocenters. The van der Waals surface area contributed by atoms with Crippen molar-refractivity contribution in [3.05, 3.63) is 23.1 Å². The van der Waals surface area contributed by atoms with E-state index in [0.717, 1.165) is 42.4 Å². The number of benzene rings is 1. The van der Waals surface area contributed by atoms with Crippen molar-refractivity contribution in [3.8, 4) is 0 Å². The molecule has 1 aromatic carbocycles. The monoisotopic (exact) mass is 560 g/mol. The minimum atomic E-state index is -0.405. The molecule has 0 radical (unpaired) electrons. The Bertz CT molecular complexity index is 651. The van der Waals surface area contributed by atoms with Gasteiger partial charge in [0.25, 0.3) is 0 Å². The maximum Gasteiger partial charge on any atom is 0.174 e. The number of nitrogens with zero attached hydrogens (tertiary/aromatic N) is 2. The zero-order valence-electron chi connectivity index (χ0n) is 11.3. The van der Waals surface area contributed by atoms with Gasteiger partial charge in [-0.1, -0.05) is 0 Å². The van der Waals surface area contributed by atoms with Gasteiger partial charge in [-0.05, 0) is 63.7 Å². The maximum atomic E-state index is 13.5. The normalized spacial score (nSPS) is 32.3. The zero-order valence-corrected chi connectivity index (χ0v) is 17.7. The van der Waals surface area contributed by atoms with Crippen molar-refractivity contribution in [2.24, 2.45) is 0 Å². The minimum absolute atomic E-state index is 0.0653. The summed E-state index contributed by atoms with van der Waals surface area (Å²) in [5, 5.41) is 13.5. The second-order valence-corrected chi connectivity index (χ2v) is 8.97. The molecule has 5 nitrogen and oxygen atoms in total. The van der Waals surface area contributed by atoms with Crippen LogP contribution in [-0.2, 0) is 9.47 Å². The first-order chi connectivity index (χ1) is 10.4. The van der Waals surface area contributed by atoms with Gasteiger partial charge in [0.1, 0.15) is 18.3 Å². The molecule has 3 unspecified atom stereocenters. The van der Waals surface area contributed by atoms with Crippen LogP contribution < -0.4 is 9.55 Å².